The van der Waals surface area contributed by atoms with E-state index in [-0.39, 0.29) is 21.4 Å². The predicted octanol–water partition coefficient (Wildman–Crippen LogP) is 5.46. The van der Waals surface area contributed by atoms with Crippen molar-refractivity contribution in [1.29, 1.82) is 0 Å². The van der Waals surface area contributed by atoms with Crippen molar-refractivity contribution in [2.75, 3.05) is 5.32 Å². The first-order valence-corrected chi connectivity index (χ1v) is 11.4. The highest BCUT2D eigenvalue weighted by atomic mass is 35.5. The number of carbonyl (C=O) groups is 1. The Morgan fingerprint density at radius 2 is 1.61 bits per heavy atom. The van der Waals surface area contributed by atoms with Crippen LogP contribution in [0.25, 0.3) is 0 Å². The molecular weight excluding hydrogens is 414 g/mol. The third-order valence-corrected chi connectivity index (χ3v) is 7.58. The first-order valence-electron chi connectivity index (χ1n) is 8.58. The van der Waals surface area contributed by atoms with Gasteiger partial charge in [-0.05, 0) is 50.6 Å². The van der Waals surface area contributed by atoms with Gasteiger partial charge in [0.2, 0.25) is 15.7 Å². The summed E-state index contributed by atoms with van der Waals surface area (Å²) in [5.74, 6) is -0.276. The Morgan fingerprint density at radius 1 is 1.00 bits per heavy atom. The Hall–Kier alpha value is -2.15. The van der Waals surface area contributed by atoms with Crippen LogP contribution in [0, 0.1) is 6.92 Å². The minimum absolute atomic E-state index is 0.0767. The van der Waals surface area contributed by atoms with Crippen LogP contribution in [-0.4, -0.2) is 14.3 Å². The Bertz CT molecular complexity index is 1100. The molecule has 0 aliphatic rings. The molecule has 1 N–H and O–H groups in total. The highest BCUT2D eigenvalue weighted by Crippen LogP contribution is 2.33. The molecule has 146 valence electrons. The third kappa shape index (κ3) is 3.99. The van der Waals surface area contributed by atoms with Gasteiger partial charge in [0.1, 0.15) is 4.90 Å². The van der Waals surface area contributed by atoms with Gasteiger partial charge in [-0.3, -0.25) is 4.79 Å². The van der Waals surface area contributed by atoms with Crippen LogP contribution in [-0.2, 0) is 20.0 Å². The minimum atomic E-state index is -3.77. The van der Waals surface area contributed by atoms with Gasteiger partial charge in [0, 0.05) is 15.8 Å². The zero-order valence-corrected chi connectivity index (χ0v) is 18.1. The summed E-state index contributed by atoms with van der Waals surface area (Å²) in [6, 6.07) is 13.7. The number of nitrogens with one attached hydrogen (secondary N) is 1. The van der Waals surface area contributed by atoms with Gasteiger partial charge in [-0.15, -0.1) is 11.3 Å². The smallest absolute Gasteiger partial charge is 0.234 e. The maximum atomic E-state index is 13.0. The van der Waals surface area contributed by atoms with Gasteiger partial charge < -0.3 is 5.32 Å². The summed E-state index contributed by atoms with van der Waals surface area (Å²) in [4.78, 5) is 13.2. The van der Waals surface area contributed by atoms with Crippen LogP contribution in [0.4, 0.5) is 5.69 Å². The highest BCUT2D eigenvalue weighted by molar-refractivity contribution is 7.91. The molecule has 1 amide bonds. The lowest BCUT2D eigenvalue weighted by atomic mass is 9.83. The number of hydrogen-bond acceptors (Lipinski definition) is 4. The van der Waals surface area contributed by atoms with Crippen LogP contribution >= 0.6 is 22.9 Å². The van der Waals surface area contributed by atoms with E-state index >= 15 is 0 Å². The first kappa shape index (κ1) is 20.6. The molecular formula is C21H20ClNO3S2. The van der Waals surface area contributed by atoms with Crippen molar-refractivity contribution in [3.05, 3.63) is 75.4 Å². The zero-order valence-electron chi connectivity index (χ0n) is 15.7. The van der Waals surface area contributed by atoms with Crippen LogP contribution in [0.1, 0.15) is 25.0 Å². The lowest BCUT2D eigenvalue weighted by Gasteiger charge is -2.24. The summed E-state index contributed by atoms with van der Waals surface area (Å²) in [5.41, 5.74) is 1.42. The Kier molecular flexibility index (Phi) is 5.66. The van der Waals surface area contributed by atoms with E-state index in [0.29, 0.717) is 5.02 Å². The van der Waals surface area contributed by atoms with E-state index in [0.717, 1.165) is 11.1 Å². The van der Waals surface area contributed by atoms with E-state index in [1.165, 1.54) is 41.0 Å². The van der Waals surface area contributed by atoms with Crippen LogP contribution in [0.2, 0.25) is 5.02 Å². The predicted molar refractivity (Wildman–Crippen MR) is 114 cm³/mol. The van der Waals surface area contributed by atoms with E-state index in [4.69, 9.17) is 11.6 Å². The largest absolute Gasteiger partial charge is 0.323 e. The van der Waals surface area contributed by atoms with Crippen molar-refractivity contribution in [2.45, 2.75) is 36.0 Å². The molecule has 0 aliphatic carbocycles. The summed E-state index contributed by atoms with van der Waals surface area (Å²) in [7, 11) is -3.77. The number of aryl methyl sites for hydroxylation is 1. The SMILES string of the molecule is Cc1ccc(C(C)(C)C(=O)Nc2cscc2S(=O)(=O)c2ccc(Cl)cc2)cc1. The van der Waals surface area contributed by atoms with Crippen molar-refractivity contribution in [3.63, 3.8) is 0 Å². The highest BCUT2D eigenvalue weighted by Gasteiger charge is 2.32. The number of halogens is 1. The second kappa shape index (κ2) is 7.70. The molecule has 0 saturated heterocycles. The Morgan fingerprint density at radius 3 is 2.21 bits per heavy atom. The van der Waals surface area contributed by atoms with Gasteiger partial charge >= 0.3 is 0 Å². The van der Waals surface area contributed by atoms with Crippen LogP contribution in [0.5, 0.6) is 0 Å². The van der Waals surface area contributed by atoms with E-state index < -0.39 is 15.3 Å². The number of thiophene rings is 1. The van der Waals surface area contributed by atoms with Gasteiger partial charge in [-0.25, -0.2) is 8.42 Å². The second-order valence-electron chi connectivity index (χ2n) is 7.05. The molecule has 1 aromatic heterocycles. The molecule has 7 heteroatoms. The number of sulfone groups is 1. The monoisotopic (exact) mass is 433 g/mol. The van der Waals surface area contributed by atoms with Gasteiger partial charge in [-0.1, -0.05) is 41.4 Å². The van der Waals surface area contributed by atoms with E-state index in [2.05, 4.69) is 5.32 Å². The third-order valence-electron chi connectivity index (χ3n) is 4.63. The van der Waals surface area contributed by atoms with Gasteiger partial charge in [0.25, 0.3) is 0 Å². The molecule has 1 heterocycles. The molecule has 0 unspecified atom stereocenters. The van der Waals surface area contributed by atoms with Gasteiger partial charge in [0.15, 0.2) is 0 Å². The molecule has 0 atom stereocenters. The summed E-state index contributed by atoms with van der Waals surface area (Å²) in [6.45, 7) is 5.61. The number of anilines is 1. The molecule has 0 fully saturated rings. The summed E-state index contributed by atoms with van der Waals surface area (Å²) in [6.07, 6.45) is 0. The standard InChI is InChI=1S/C21H20ClNO3S2/c1-14-4-6-15(7-5-14)21(2,3)20(24)23-18-12-27-13-19(18)28(25,26)17-10-8-16(22)9-11-17/h4-13H,1-3H3,(H,23,24). The van der Waals surface area contributed by atoms with Crippen molar-refractivity contribution in [2.24, 2.45) is 0 Å². The molecule has 28 heavy (non-hydrogen) atoms. The Balaban J connectivity index is 1.90. The number of amides is 1. The molecule has 0 saturated carbocycles. The number of carbonyl (C=O) groups excluding carboxylic acids is 1. The summed E-state index contributed by atoms with van der Waals surface area (Å²) >= 11 is 7.08. The molecule has 0 radical (unpaired) electrons. The molecule has 0 spiro atoms. The molecule has 4 nitrogen and oxygen atoms in total. The fraction of sp³-hybridized carbons (Fsp3) is 0.190. The summed E-state index contributed by atoms with van der Waals surface area (Å²) < 4.78 is 26.0. The fourth-order valence-electron chi connectivity index (χ4n) is 2.71. The molecule has 0 aliphatic heterocycles. The average molecular weight is 434 g/mol. The normalized spacial score (nSPS) is 12.0. The second-order valence-corrected chi connectivity index (χ2v) is 10.2. The molecule has 0 bridgehead atoms. The minimum Gasteiger partial charge on any atom is -0.323 e. The first-order chi connectivity index (χ1) is 13.1. The quantitative estimate of drug-likeness (QED) is 0.581. The maximum Gasteiger partial charge on any atom is 0.234 e. The van der Waals surface area contributed by atoms with Gasteiger partial charge in [-0.2, -0.15) is 0 Å². The number of rotatable bonds is 5. The van der Waals surface area contributed by atoms with E-state index in [9.17, 15) is 13.2 Å². The van der Waals surface area contributed by atoms with Gasteiger partial charge in [0.05, 0.1) is 16.0 Å². The van der Waals surface area contributed by atoms with Crippen LogP contribution < -0.4 is 5.32 Å². The average Bonchev–Trinajstić information content (AvgIpc) is 3.11. The maximum absolute atomic E-state index is 13.0. The van der Waals surface area contributed by atoms with Crippen molar-refractivity contribution >= 4 is 44.4 Å². The molecule has 3 rings (SSSR count). The molecule has 2 aromatic carbocycles. The Labute approximate surface area is 174 Å². The fourth-order valence-corrected chi connectivity index (χ4v) is 5.37. The van der Waals surface area contributed by atoms with Crippen molar-refractivity contribution in [1.82, 2.24) is 0 Å². The zero-order chi connectivity index (χ0) is 20.5. The van der Waals surface area contributed by atoms with Crippen LogP contribution in [0.15, 0.2) is 69.1 Å². The van der Waals surface area contributed by atoms with Crippen molar-refractivity contribution in [3.8, 4) is 0 Å². The summed E-state index contributed by atoms with van der Waals surface area (Å²) in [5, 5.41) is 6.41. The number of benzene rings is 2. The topological polar surface area (TPSA) is 63.2 Å². The lowest BCUT2D eigenvalue weighted by Crippen LogP contribution is -2.35. The number of hydrogen-bond donors (Lipinski definition) is 1. The van der Waals surface area contributed by atoms with Crippen LogP contribution in [0.3, 0.4) is 0 Å². The van der Waals surface area contributed by atoms with Crippen molar-refractivity contribution < 1.29 is 13.2 Å². The van der Waals surface area contributed by atoms with E-state index in [1.54, 1.807) is 5.38 Å². The lowest BCUT2D eigenvalue weighted by molar-refractivity contribution is -0.120. The van der Waals surface area contributed by atoms with E-state index in [1.807, 2.05) is 45.0 Å². The molecule has 3 aromatic rings.